The van der Waals surface area contributed by atoms with Crippen LogP contribution in [0.2, 0.25) is 15.1 Å². The van der Waals surface area contributed by atoms with Crippen molar-refractivity contribution in [1.82, 2.24) is 9.21 Å². The fourth-order valence-corrected chi connectivity index (χ4v) is 5.04. The Kier molecular flexibility index (Phi) is 7.67. The lowest BCUT2D eigenvalue weighted by molar-refractivity contribution is 0.0569. The van der Waals surface area contributed by atoms with Crippen LogP contribution in [-0.2, 0) is 10.0 Å². The molecule has 0 aliphatic carbocycles. The lowest BCUT2D eigenvalue weighted by Gasteiger charge is -2.34. The van der Waals surface area contributed by atoms with E-state index < -0.39 is 16.1 Å². The molecule has 1 unspecified atom stereocenters. The molecule has 0 radical (unpaired) electrons. The average Bonchev–Trinajstić information content (AvgIpc) is 2.70. The maximum atomic E-state index is 12.8. The van der Waals surface area contributed by atoms with Crippen molar-refractivity contribution in [3.05, 3.63) is 57.5 Å². The molecule has 10 heteroatoms. The summed E-state index contributed by atoms with van der Waals surface area (Å²) in [5.74, 6) is 0.519. The van der Waals surface area contributed by atoms with E-state index in [0.717, 1.165) is 0 Å². The Morgan fingerprint density at radius 1 is 0.966 bits per heavy atom. The van der Waals surface area contributed by atoms with Gasteiger partial charge >= 0.3 is 0 Å². The van der Waals surface area contributed by atoms with E-state index in [1.807, 2.05) is 4.90 Å². The number of ether oxygens (including phenoxy) is 1. The van der Waals surface area contributed by atoms with Crippen LogP contribution in [-0.4, -0.2) is 68.2 Å². The largest absolute Gasteiger partial charge is 0.489 e. The van der Waals surface area contributed by atoms with E-state index in [-0.39, 0.29) is 16.5 Å². The number of sulfonamides is 1. The highest BCUT2D eigenvalue weighted by molar-refractivity contribution is 7.89. The van der Waals surface area contributed by atoms with Crippen LogP contribution in [0.4, 0.5) is 0 Å². The summed E-state index contributed by atoms with van der Waals surface area (Å²) in [7, 11) is -3.64. The number of hydrogen-bond acceptors (Lipinski definition) is 5. The molecule has 2 aromatic rings. The smallest absolute Gasteiger partial charge is 0.243 e. The number of benzene rings is 2. The van der Waals surface area contributed by atoms with Crippen LogP contribution < -0.4 is 4.74 Å². The van der Waals surface area contributed by atoms with Crippen molar-refractivity contribution in [1.29, 1.82) is 0 Å². The number of nitrogens with zero attached hydrogens (tertiary/aromatic N) is 2. The van der Waals surface area contributed by atoms with Gasteiger partial charge in [0, 0.05) is 32.7 Å². The molecule has 29 heavy (non-hydrogen) atoms. The summed E-state index contributed by atoms with van der Waals surface area (Å²) in [4.78, 5) is 2.12. The highest BCUT2D eigenvalue weighted by atomic mass is 35.5. The third-order valence-electron chi connectivity index (χ3n) is 4.60. The second-order valence-electron chi connectivity index (χ2n) is 6.68. The number of halogens is 3. The molecule has 1 N–H and O–H groups in total. The van der Waals surface area contributed by atoms with E-state index >= 15 is 0 Å². The molecule has 1 fully saturated rings. The van der Waals surface area contributed by atoms with Crippen LogP contribution in [0.1, 0.15) is 0 Å². The first-order chi connectivity index (χ1) is 13.8. The second-order valence-corrected chi connectivity index (χ2v) is 9.84. The van der Waals surface area contributed by atoms with Gasteiger partial charge in [0.1, 0.15) is 18.5 Å². The van der Waals surface area contributed by atoms with Gasteiger partial charge in [-0.25, -0.2) is 8.42 Å². The third kappa shape index (κ3) is 5.76. The van der Waals surface area contributed by atoms with E-state index in [1.165, 1.54) is 22.5 Å². The van der Waals surface area contributed by atoms with Crippen molar-refractivity contribution < 1.29 is 18.3 Å². The summed E-state index contributed by atoms with van der Waals surface area (Å²) in [6.45, 7) is 2.13. The minimum Gasteiger partial charge on any atom is -0.489 e. The Balaban J connectivity index is 1.50. The summed E-state index contributed by atoms with van der Waals surface area (Å²) in [5, 5.41) is 11.2. The van der Waals surface area contributed by atoms with Gasteiger partial charge in [-0.15, -0.1) is 0 Å². The Labute approximate surface area is 185 Å². The molecule has 3 rings (SSSR count). The van der Waals surface area contributed by atoms with E-state index in [2.05, 4.69) is 0 Å². The standard InChI is InChI=1S/C19H21Cl3N2O4S/c20-16-6-5-15(11-18(16)22)29(26,27)24-9-7-23(8-10-24)12-14(25)13-28-19-4-2-1-3-17(19)21/h1-6,11,14,25H,7-10,12-13H2. The van der Waals surface area contributed by atoms with Crippen molar-refractivity contribution in [3.8, 4) is 5.75 Å². The Morgan fingerprint density at radius 3 is 2.31 bits per heavy atom. The second kappa shape index (κ2) is 9.83. The Bertz CT molecular complexity index is 950. The fourth-order valence-electron chi connectivity index (χ4n) is 3.04. The van der Waals surface area contributed by atoms with E-state index in [0.29, 0.717) is 48.5 Å². The van der Waals surface area contributed by atoms with Gasteiger partial charge in [-0.1, -0.05) is 46.9 Å². The van der Waals surface area contributed by atoms with Crippen molar-refractivity contribution in [3.63, 3.8) is 0 Å². The first kappa shape index (κ1) is 22.6. The quantitative estimate of drug-likeness (QED) is 0.659. The van der Waals surface area contributed by atoms with Crippen molar-refractivity contribution >= 4 is 44.8 Å². The van der Waals surface area contributed by atoms with Crippen LogP contribution in [0.25, 0.3) is 0 Å². The molecule has 158 valence electrons. The monoisotopic (exact) mass is 478 g/mol. The number of hydrogen-bond donors (Lipinski definition) is 1. The SMILES string of the molecule is O=S(=O)(c1ccc(Cl)c(Cl)c1)N1CCN(CC(O)COc2ccccc2Cl)CC1. The maximum absolute atomic E-state index is 12.8. The molecule has 2 aromatic carbocycles. The lowest BCUT2D eigenvalue weighted by atomic mass is 10.3. The van der Waals surface area contributed by atoms with Crippen molar-refractivity contribution in [2.45, 2.75) is 11.0 Å². The minimum absolute atomic E-state index is 0.103. The molecule has 1 saturated heterocycles. The normalized spacial score (nSPS) is 17.2. The molecule has 0 amide bonds. The number of para-hydroxylation sites is 1. The summed E-state index contributed by atoms with van der Waals surface area (Å²) < 4.78 is 32.6. The zero-order chi connectivity index (χ0) is 21.0. The predicted octanol–water partition coefficient (Wildman–Crippen LogP) is 3.39. The average molecular weight is 480 g/mol. The van der Waals surface area contributed by atoms with Gasteiger partial charge in [0.2, 0.25) is 10.0 Å². The zero-order valence-electron chi connectivity index (χ0n) is 15.5. The number of β-amino-alcohol motifs (C(OH)–C–C–N with tert-alkyl or cyclic N) is 1. The van der Waals surface area contributed by atoms with Crippen LogP contribution in [0.15, 0.2) is 47.4 Å². The highest BCUT2D eigenvalue weighted by Crippen LogP contribution is 2.27. The minimum atomic E-state index is -3.64. The molecule has 1 aliphatic rings. The van der Waals surface area contributed by atoms with Gasteiger partial charge < -0.3 is 9.84 Å². The summed E-state index contributed by atoms with van der Waals surface area (Å²) in [6.07, 6.45) is -0.718. The Morgan fingerprint density at radius 2 is 1.66 bits per heavy atom. The van der Waals surface area contributed by atoms with Gasteiger partial charge in [0.05, 0.1) is 20.0 Å². The molecule has 0 aromatic heterocycles. The topological polar surface area (TPSA) is 70.1 Å². The van der Waals surface area contributed by atoms with E-state index in [4.69, 9.17) is 39.5 Å². The number of piperazine rings is 1. The molecule has 6 nitrogen and oxygen atoms in total. The molecule has 1 atom stereocenters. The molecule has 1 heterocycles. The highest BCUT2D eigenvalue weighted by Gasteiger charge is 2.29. The van der Waals surface area contributed by atoms with Crippen LogP contribution in [0, 0.1) is 0 Å². The van der Waals surface area contributed by atoms with E-state index in [9.17, 15) is 13.5 Å². The number of aliphatic hydroxyl groups excluding tert-OH is 1. The third-order valence-corrected chi connectivity index (χ3v) is 7.54. The molecular weight excluding hydrogens is 459 g/mol. The van der Waals surface area contributed by atoms with E-state index in [1.54, 1.807) is 24.3 Å². The Hall–Kier alpha value is -1.06. The van der Waals surface area contributed by atoms with Crippen molar-refractivity contribution in [2.75, 3.05) is 39.3 Å². The first-order valence-electron chi connectivity index (χ1n) is 9.00. The summed E-state index contributed by atoms with van der Waals surface area (Å²) in [5.41, 5.74) is 0. The molecular formula is C19H21Cl3N2O4S. The lowest BCUT2D eigenvalue weighted by Crippen LogP contribution is -2.50. The van der Waals surface area contributed by atoms with Crippen LogP contribution in [0.5, 0.6) is 5.75 Å². The van der Waals surface area contributed by atoms with Gasteiger partial charge in [-0.05, 0) is 30.3 Å². The van der Waals surface area contributed by atoms with Gasteiger partial charge in [-0.3, -0.25) is 4.90 Å². The van der Waals surface area contributed by atoms with Gasteiger partial charge in [0.25, 0.3) is 0 Å². The van der Waals surface area contributed by atoms with Crippen LogP contribution >= 0.6 is 34.8 Å². The van der Waals surface area contributed by atoms with Gasteiger partial charge in [-0.2, -0.15) is 4.31 Å². The number of rotatable bonds is 7. The van der Waals surface area contributed by atoms with Crippen LogP contribution in [0.3, 0.4) is 0 Å². The summed E-state index contributed by atoms with van der Waals surface area (Å²) in [6, 6.07) is 11.4. The number of aliphatic hydroxyl groups is 1. The fraction of sp³-hybridized carbons (Fsp3) is 0.368. The molecule has 0 spiro atoms. The predicted molar refractivity (Wildman–Crippen MR) is 115 cm³/mol. The first-order valence-corrected chi connectivity index (χ1v) is 11.6. The maximum Gasteiger partial charge on any atom is 0.243 e. The molecule has 0 bridgehead atoms. The zero-order valence-corrected chi connectivity index (χ0v) is 18.6. The summed E-state index contributed by atoms with van der Waals surface area (Å²) >= 11 is 17.9. The molecule has 0 saturated carbocycles. The van der Waals surface area contributed by atoms with Crippen molar-refractivity contribution in [2.24, 2.45) is 0 Å². The van der Waals surface area contributed by atoms with Gasteiger partial charge in [0.15, 0.2) is 0 Å². The molecule has 1 aliphatic heterocycles.